The second kappa shape index (κ2) is 8.18. The van der Waals surface area contributed by atoms with Crippen LogP contribution in [-0.4, -0.2) is 0 Å². The van der Waals surface area contributed by atoms with Gasteiger partial charge in [-0.2, -0.15) is 0 Å². The highest BCUT2D eigenvalue weighted by Crippen LogP contribution is 2.52. The minimum Gasteiger partial charge on any atom is -0.0851 e. The van der Waals surface area contributed by atoms with Gasteiger partial charge in [0.1, 0.15) is 0 Å². The second-order valence-corrected chi connectivity index (χ2v) is 10.5. The molecule has 0 aromatic rings. The van der Waals surface area contributed by atoms with Gasteiger partial charge in [-0.3, -0.25) is 0 Å². The van der Waals surface area contributed by atoms with Crippen LogP contribution in [0.25, 0.3) is 0 Å². The van der Waals surface area contributed by atoms with Crippen molar-refractivity contribution in [1.29, 1.82) is 0 Å². The van der Waals surface area contributed by atoms with Gasteiger partial charge in [-0.1, -0.05) is 70.4 Å². The molecule has 0 heterocycles. The van der Waals surface area contributed by atoms with E-state index in [9.17, 15) is 0 Å². The first kappa shape index (κ1) is 18.1. The van der Waals surface area contributed by atoms with Crippen molar-refractivity contribution >= 4 is 0 Å². The minimum atomic E-state index is 0.676. The lowest BCUT2D eigenvalue weighted by Crippen LogP contribution is -2.38. The Labute approximate surface area is 157 Å². The average molecular weight is 343 g/mol. The number of fused-ring (bicyclic) bond motifs is 2. The molecule has 3 unspecified atom stereocenters. The first-order valence-corrected chi connectivity index (χ1v) is 11.9. The highest BCUT2D eigenvalue weighted by atomic mass is 14.5. The molecule has 0 spiro atoms. The van der Waals surface area contributed by atoms with E-state index < -0.39 is 0 Å². The van der Waals surface area contributed by atoms with Crippen LogP contribution in [-0.2, 0) is 0 Å². The van der Waals surface area contributed by atoms with Crippen molar-refractivity contribution in [1.82, 2.24) is 0 Å². The molecule has 0 N–H and O–H groups in total. The summed E-state index contributed by atoms with van der Waals surface area (Å²) in [5.41, 5.74) is 0.676. The highest BCUT2D eigenvalue weighted by molar-refractivity contribution is 5.09. The molecule has 3 saturated carbocycles. The number of rotatable bonds is 7. The van der Waals surface area contributed by atoms with Gasteiger partial charge in [0.25, 0.3) is 0 Å². The van der Waals surface area contributed by atoms with E-state index in [1.165, 1.54) is 70.6 Å². The lowest BCUT2D eigenvalue weighted by molar-refractivity contribution is 0.0286. The normalized spacial score (nSPS) is 34.0. The fraction of sp³-hybridized carbons (Fsp3) is 0.920. The number of hydrogen-bond acceptors (Lipinski definition) is 0. The molecule has 0 radical (unpaired) electrons. The Kier molecular flexibility index (Phi) is 5.93. The molecule has 4 aliphatic carbocycles. The molecule has 0 nitrogen and oxygen atoms in total. The van der Waals surface area contributed by atoms with E-state index in [2.05, 4.69) is 19.1 Å². The Hall–Kier alpha value is -0.260. The summed E-state index contributed by atoms with van der Waals surface area (Å²) < 4.78 is 0. The lowest BCUT2D eigenvalue weighted by Gasteiger charge is -2.47. The average Bonchev–Trinajstić information content (AvgIpc) is 3.30. The Bertz CT molecular complexity index is 417. The maximum absolute atomic E-state index is 2.74. The first-order chi connectivity index (χ1) is 12.3. The highest BCUT2D eigenvalue weighted by Gasteiger charge is 2.41. The van der Waals surface area contributed by atoms with Crippen LogP contribution in [0.2, 0.25) is 0 Å². The van der Waals surface area contributed by atoms with Crippen molar-refractivity contribution in [3.63, 3.8) is 0 Å². The molecule has 0 aliphatic heterocycles. The fourth-order valence-electron chi connectivity index (χ4n) is 7.40. The molecule has 25 heavy (non-hydrogen) atoms. The number of allylic oxidation sites excluding steroid dienone is 2. The van der Waals surface area contributed by atoms with Crippen molar-refractivity contribution in [3.05, 3.63) is 12.2 Å². The zero-order chi connectivity index (χ0) is 17.1. The lowest BCUT2D eigenvalue weighted by atomic mass is 9.58. The van der Waals surface area contributed by atoms with Crippen LogP contribution < -0.4 is 0 Å². The number of unbranched alkanes of at least 4 members (excludes halogenated alkanes) is 1. The zero-order valence-electron chi connectivity index (χ0n) is 16.9. The van der Waals surface area contributed by atoms with Gasteiger partial charge in [0, 0.05) is 0 Å². The molecular formula is C25H42. The van der Waals surface area contributed by atoms with Crippen LogP contribution in [0.5, 0.6) is 0 Å². The quantitative estimate of drug-likeness (QED) is 0.325. The Morgan fingerprint density at radius 2 is 1.40 bits per heavy atom. The van der Waals surface area contributed by atoms with Crippen molar-refractivity contribution < 1.29 is 0 Å². The molecular weight excluding hydrogens is 300 g/mol. The standard InChI is InChI=1S/C25H42/c1-25(23-11-4-2-5-12-23,24-13-6-3-7-14-24)17-9-8-10-21-18-20-15-16-22(21)19-20/h15-16,20-24H,2-14,17-19H2,1H3. The fourth-order valence-corrected chi connectivity index (χ4v) is 7.40. The molecule has 3 fully saturated rings. The summed E-state index contributed by atoms with van der Waals surface area (Å²) in [6.45, 7) is 2.74. The van der Waals surface area contributed by atoms with E-state index in [0.717, 1.165) is 29.6 Å². The van der Waals surface area contributed by atoms with Crippen molar-refractivity contribution in [2.24, 2.45) is 35.0 Å². The van der Waals surface area contributed by atoms with E-state index in [1.54, 1.807) is 32.1 Å². The van der Waals surface area contributed by atoms with Crippen LogP contribution in [0, 0.1) is 35.0 Å². The van der Waals surface area contributed by atoms with Crippen LogP contribution in [0.15, 0.2) is 12.2 Å². The maximum Gasteiger partial charge on any atom is -0.0199 e. The van der Waals surface area contributed by atoms with E-state index in [4.69, 9.17) is 0 Å². The van der Waals surface area contributed by atoms with E-state index in [1.807, 2.05) is 0 Å². The molecule has 0 aromatic carbocycles. The molecule has 2 bridgehead atoms. The minimum absolute atomic E-state index is 0.676. The molecule has 4 aliphatic rings. The Morgan fingerprint density at radius 3 is 1.92 bits per heavy atom. The predicted octanol–water partition coefficient (Wildman–Crippen LogP) is 7.93. The van der Waals surface area contributed by atoms with Gasteiger partial charge in [-0.15, -0.1) is 0 Å². The SMILES string of the molecule is CC(CCCCC1CC2C=CC1C2)(C1CCCCC1)C1CCCCC1. The van der Waals surface area contributed by atoms with Gasteiger partial charge in [-0.05, 0) is 86.4 Å². The maximum atomic E-state index is 2.74. The summed E-state index contributed by atoms with van der Waals surface area (Å²) in [7, 11) is 0. The van der Waals surface area contributed by atoms with Gasteiger partial charge in [-0.25, -0.2) is 0 Å². The molecule has 4 rings (SSSR count). The summed E-state index contributed by atoms with van der Waals surface area (Å²) in [5.74, 6) is 5.08. The van der Waals surface area contributed by atoms with Crippen LogP contribution in [0.4, 0.5) is 0 Å². The van der Waals surface area contributed by atoms with Crippen molar-refractivity contribution in [2.75, 3.05) is 0 Å². The third kappa shape index (κ3) is 4.03. The summed E-state index contributed by atoms with van der Waals surface area (Å²) in [6.07, 6.45) is 29.4. The molecule has 3 atom stereocenters. The Morgan fingerprint density at radius 1 is 0.760 bits per heavy atom. The topological polar surface area (TPSA) is 0 Å². The summed E-state index contributed by atoms with van der Waals surface area (Å²) >= 11 is 0. The zero-order valence-corrected chi connectivity index (χ0v) is 16.9. The third-order valence-corrected chi connectivity index (χ3v) is 9.03. The Balaban J connectivity index is 1.30. The van der Waals surface area contributed by atoms with E-state index in [-0.39, 0.29) is 0 Å². The van der Waals surface area contributed by atoms with Crippen LogP contribution in [0.1, 0.15) is 110 Å². The van der Waals surface area contributed by atoms with Gasteiger partial charge < -0.3 is 0 Å². The molecule has 0 aromatic heterocycles. The molecule has 0 saturated heterocycles. The molecule has 142 valence electrons. The van der Waals surface area contributed by atoms with Crippen LogP contribution >= 0.6 is 0 Å². The summed E-state index contributed by atoms with van der Waals surface area (Å²) in [6, 6.07) is 0. The predicted molar refractivity (Wildman–Crippen MR) is 109 cm³/mol. The largest absolute Gasteiger partial charge is 0.0851 e. The summed E-state index contributed by atoms with van der Waals surface area (Å²) in [5, 5.41) is 0. The van der Waals surface area contributed by atoms with Gasteiger partial charge in [0.15, 0.2) is 0 Å². The smallest absolute Gasteiger partial charge is 0.0199 e. The molecule has 0 heteroatoms. The van der Waals surface area contributed by atoms with Crippen molar-refractivity contribution in [2.45, 2.75) is 110 Å². The van der Waals surface area contributed by atoms with Gasteiger partial charge >= 0.3 is 0 Å². The van der Waals surface area contributed by atoms with E-state index in [0.29, 0.717) is 5.41 Å². The van der Waals surface area contributed by atoms with E-state index >= 15 is 0 Å². The first-order valence-electron chi connectivity index (χ1n) is 11.9. The van der Waals surface area contributed by atoms with Gasteiger partial charge in [0.05, 0.1) is 0 Å². The van der Waals surface area contributed by atoms with Crippen molar-refractivity contribution in [3.8, 4) is 0 Å². The second-order valence-electron chi connectivity index (χ2n) is 10.5. The monoisotopic (exact) mass is 342 g/mol. The number of hydrogen-bond donors (Lipinski definition) is 0. The summed E-state index contributed by atoms with van der Waals surface area (Å²) in [4.78, 5) is 0. The third-order valence-electron chi connectivity index (χ3n) is 9.03. The van der Waals surface area contributed by atoms with Gasteiger partial charge in [0.2, 0.25) is 0 Å². The molecule has 0 amide bonds. The van der Waals surface area contributed by atoms with Crippen LogP contribution in [0.3, 0.4) is 0 Å².